The molecule has 1 N–H and O–H groups in total. The van der Waals surface area contributed by atoms with Crippen molar-refractivity contribution in [3.8, 4) is 5.75 Å². The molecule has 0 aromatic heterocycles. The molecule has 1 unspecified atom stereocenters. The largest absolute Gasteiger partial charge is 0.495 e. The third-order valence-corrected chi connectivity index (χ3v) is 3.21. The van der Waals surface area contributed by atoms with Crippen LogP contribution in [0.1, 0.15) is 38.9 Å². The number of benzene rings is 1. The standard InChI is InChI=1S/C13H18BrClO2/c1-13(2,3)7-11(16)9-5-8(15)6-10(14)12(9)17-4/h5-6,11,16H,7H2,1-4H3. The molecule has 0 saturated carbocycles. The molecule has 1 aromatic rings. The summed E-state index contributed by atoms with van der Waals surface area (Å²) in [4.78, 5) is 0. The molecule has 0 fully saturated rings. The highest BCUT2D eigenvalue weighted by molar-refractivity contribution is 9.10. The van der Waals surface area contributed by atoms with Crippen LogP contribution < -0.4 is 4.74 Å². The minimum atomic E-state index is -0.583. The summed E-state index contributed by atoms with van der Waals surface area (Å²) in [6.45, 7) is 6.26. The topological polar surface area (TPSA) is 29.5 Å². The van der Waals surface area contributed by atoms with E-state index in [1.165, 1.54) is 0 Å². The van der Waals surface area contributed by atoms with Gasteiger partial charge in [0, 0.05) is 10.6 Å². The van der Waals surface area contributed by atoms with Crippen molar-refractivity contribution in [2.75, 3.05) is 7.11 Å². The van der Waals surface area contributed by atoms with Gasteiger partial charge in [-0.05, 0) is 39.9 Å². The first-order valence-electron chi connectivity index (χ1n) is 5.45. The van der Waals surface area contributed by atoms with Crippen LogP contribution in [0.4, 0.5) is 0 Å². The molecular formula is C13H18BrClO2. The van der Waals surface area contributed by atoms with Gasteiger partial charge in [0.25, 0.3) is 0 Å². The molecule has 4 heteroatoms. The monoisotopic (exact) mass is 320 g/mol. The van der Waals surface area contributed by atoms with E-state index >= 15 is 0 Å². The maximum atomic E-state index is 10.3. The van der Waals surface area contributed by atoms with E-state index in [0.717, 1.165) is 10.0 Å². The second-order valence-electron chi connectivity index (χ2n) is 5.29. The van der Waals surface area contributed by atoms with Gasteiger partial charge in [0.2, 0.25) is 0 Å². The first-order valence-corrected chi connectivity index (χ1v) is 6.62. The summed E-state index contributed by atoms with van der Waals surface area (Å²) in [5.74, 6) is 0.645. The number of hydrogen-bond acceptors (Lipinski definition) is 2. The van der Waals surface area contributed by atoms with Crippen LogP contribution >= 0.6 is 27.5 Å². The number of aliphatic hydroxyl groups is 1. The molecule has 1 atom stereocenters. The van der Waals surface area contributed by atoms with E-state index in [-0.39, 0.29) is 5.41 Å². The Labute approximate surface area is 116 Å². The molecule has 1 rings (SSSR count). The summed E-state index contributed by atoms with van der Waals surface area (Å²) < 4.78 is 6.06. The summed E-state index contributed by atoms with van der Waals surface area (Å²) in [7, 11) is 1.58. The molecule has 0 bridgehead atoms. The van der Waals surface area contributed by atoms with Crippen molar-refractivity contribution in [1.82, 2.24) is 0 Å². The Morgan fingerprint density at radius 1 is 1.41 bits per heavy atom. The van der Waals surface area contributed by atoms with Crippen LogP contribution in [0.15, 0.2) is 16.6 Å². The van der Waals surface area contributed by atoms with Crippen molar-refractivity contribution < 1.29 is 9.84 Å². The zero-order valence-corrected chi connectivity index (χ0v) is 12.9. The number of methoxy groups -OCH3 is 1. The molecule has 0 amide bonds. The third kappa shape index (κ3) is 4.16. The van der Waals surface area contributed by atoms with Gasteiger partial charge in [-0.15, -0.1) is 0 Å². The van der Waals surface area contributed by atoms with E-state index in [9.17, 15) is 5.11 Å². The average molecular weight is 322 g/mol. The molecule has 96 valence electrons. The molecule has 0 heterocycles. The molecule has 0 aliphatic rings. The number of rotatable bonds is 3. The summed E-state index contributed by atoms with van der Waals surface area (Å²) >= 11 is 9.38. The molecule has 0 saturated heterocycles. The summed E-state index contributed by atoms with van der Waals surface area (Å²) in [5, 5.41) is 10.8. The lowest BCUT2D eigenvalue weighted by atomic mass is 9.86. The minimum absolute atomic E-state index is 0.0409. The fourth-order valence-electron chi connectivity index (χ4n) is 1.73. The van der Waals surface area contributed by atoms with Crippen LogP contribution in [0.3, 0.4) is 0 Å². The van der Waals surface area contributed by atoms with Crippen molar-refractivity contribution in [1.29, 1.82) is 0 Å². The lowest BCUT2D eigenvalue weighted by molar-refractivity contribution is 0.119. The summed E-state index contributed by atoms with van der Waals surface area (Å²) in [5.41, 5.74) is 0.765. The van der Waals surface area contributed by atoms with Gasteiger partial charge in [-0.25, -0.2) is 0 Å². The van der Waals surface area contributed by atoms with Gasteiger partial charge in [-0.3, -0.25) is 0 Å². The van der Waals surface area contributed by atoms with Crippen molar-refractivity contribution in [3.05, 3.63) is 27.2 Å². The van der Waals surface area contributed by atoms with Gasteiger partial charge in [-0.2, -0.15) is 0 Å². The number of halogens is 2. The van der Waals surface area contributed by atoms with Crippen molar-refractivity contribution in [2.24, 2.45) is 5.41 Å². The molecule has 0 radical (unpaired) electrons. The van der Waals surface area contributed by atoms with Crippen molar-refractivity contribution in [3.63, 3.8) is 0 Å². The second-order valence-corrected chi connectivity index (χ2v) is 6.58. The Morgan fingerprint density at radius 2 is 2.00 bits per heavy atom. The van der Waals surface area contributed by atoms with Crippen molar-refractivity contribution >= 4 is 27.5 Å². The Balaban J connectivity index is 3.11. The van der Waals surface area contributed by atoms with Crippen molar-refractivity contribution in [2.45, 2.75) is 33.3 Å². The molecule has 0 aliphatic heterocycles. The summed E-state index contributed by atoms with van der Waals surface area (Å²) in [6, 6.07) is 3.51. The fraction of sp³-hybridized carbons (Fsp3) is 0.538. The Morgan fingerprint density at radius 3 is 2.47 bits per heavy atom. The highest BCUT2D eigenvalue weighted by Gasteiger charge is 2.22. The van der Waals surface area contributed by atoms with E-state index in [4.69, 9.17) is 16.3 Å². The number of aliphatic hydroxyl groups excluding tert-OH is 1. The lowest BCUT2D eigenvalue weighted by Gasteiger charge is -2.24. The highest BCUT2D eigenvalue weighted by atomic mass is 79.9. The fourth-order valence-corrected chi connectivity index (χ4v) is 2.73. The molecule has 0 spiro atoms. The van der Waals surface area contributed by atoms with Crippen LogP contribution in [-0.2, 0) is 0 Å². The van der Waals surface area contributed by atoms with E-state index in [1.807, 2.05) is 0 Å². The maximum absolute atomic E-state index is 10.3. The van der Waals surface area contributed by atoms with Gasteiger partial charge in [0.1, 0.15) is 5.75 Å². The Bertz CT molecular complexity index is 399. The quantitative estimate of drug-likeness (QED) is 0.883. The van der Waals surface area contributed by atoms with Gasteiger partial charge in [0.05, 0.1) is 17.7 Å². The first kappa shape index (κ1) is 14.8. The average Bonchev–Trinajstić information content (AvgIpc) is 2.13. The smallest absolute Gasteiger partial charge is 0.138 e. The normalized spacial score (nSPS) is 13.6. The summed E-state index contributed by atoms with van der Waals surface area (Å²) in [6.07, 6.45) is 0.0656. The molecule has 17 heavy (non-hydrogen) atoms. The zero-order valence-electron chi connectivity index (χ0n) is 10.6. The van der Waals surface area contributed by atoms with Gasteiger partial charge in [0.15, 0.2) is 0 Å². The van der Waals surface area contributed by atoms with Crippen LogP contribution in [0.5, 0.6) is 5.75 Å². The van der Waals surface area contributed by atoms with Crippen LogP contribution in [0.25, 0.3) is 0 Å². The van der Waals surface area contributed by atoms with Gasteiger partial charge in [-0.1, -0.05) is 32.4 Å². The first-order chi connectivity index (χ1) is 7.74. The molecule has 2 nitrogen and oxygen atoms in total. The maximum Gasteiger partial charge on any atom is 0.138 e. The Hall–Kier alpha value is -0.250. The predicted molar refractivity (Wildman–Crippen MR) is 74.7 cm³/mol. The van der Waals surface area contributed by atoms with E-state index in [0.29, 0.717) is 17.2 Å². The van der Waals surface area contributed by atoms with E-state index in [1.54, 1.807) is 19.2 Å². The lowest BCUT2D eigenvalue weighted by Crippen LogP contribution is -2.12. The predicted octanol–water partition coefficient (Wildman–Crippen LogP) is 4.58. The van der Waals surface area contributed by atoms with Gasteiger partial charge >= 0.3 is 0 Å². The molecule has 1 aromatic carbocycles. The molecule has 0 aliphatic carbocycles. The SMILES string of the molecule is COc1c(Br)cc(Cl)cc1C(O)CC(C)(C)C. The third-order valence-electron chi connectivity index (χ3n) is 2.41. The highest BCUT2D eigenvalue weighted by Crippen LogP contribution is 2.39. The number of ether oxygens (including phenoxy) is 1. The Kier molecular flexibility index (Phi) is 4.87. The van der Waals surface area contributed by atoms with E-state index < -0.39 is 6.10 Å². The second kappa shape index (κ2) is 5.59. The van der Waals surface area contributed by atoms with Gasteiger partial charge < -0.3 is 9.84 Å². The minimum Gasteiger partial charge on any atom is -0.495 e. The van der Waals surface area contributed by atoms with E-state index in [2.05, 4.69) is 36.7 Å². The van der Waals surface area contributed by atoms with Crippen LogP contribution in [-0.4, -0.2) is 12.2 Å². The van der Waals surface area contributed by atoms with Crippen LogP contribution in [0, 0.1) is 5.41 Å². The van der Waals surface area contributed by atoms with Crippen LogP contribution in [0.2, 0.25) is 5.02 Å². The number of hydrogen-bond donors (Lipinski definition) is 1. The molecular weight excluding hydrogens is 303 g/mol. The zero-order chi connectivity index (χ0) is 13.2.